The predicted molar refractivity (Wildman–Crippen MR) is 92.2 cm³/mol. The normalized spacial score (nSPS) is 14.4. The van der Waals surface area contributed by atoms with Gasteiger partial charge in [-0.25, -0.2) is 4.79 Å². The summed E-state index contributed by atoms with van der Waals surface area (Å²) in [5.74, 6) is 0.824. The molecule has 0 aliphatic heterocycles. The molecule has 0 saturated carbocycles. The fraction of sp³-hybridized carbons (Fsp3) is 0.500. The summed E-state index contributed by atoms with van der Waals surface area (Å²) >= 11 is 0. The molecule has 0 spiro atoms. The van der Waals surface area contributed by atoms with E-state index >= 15 is 0 Å². The Balaban J connectivity index is 2.42. The molecule has 0 saturated heterocycles. The average molecular weight is 352 g/mol. The molecule has 3 N–H and O–H groups in total. The topological polar surface area (TPSA) is 109 Å². The molecule has 7 nitrogen and oxygen atoms in total. The number of hydrogen-bond acceptors (Lipinski definition) is 7. The van der Waals surface area contributed by atoms with Crippen LogP contribution >= 0.6 is 0 Å². The Labute approximate surface area is 145 Å². The van der Waals surface area contributed by atoms with Crippen molar-refractivity contribution < 1.29 is 29.2 Å². The zero-order valence-corrected chi connectivity index (χ0v) is 14.8. The van der Waals surface area contributed by atoms with Gasteiger partial charge in [0.2, 0.25) is 0 Å². The van der Waals surface area contributed by atoms with Gasteiger partial charge in [0.15, 0.2) is 0 Å². The largest absolute Gasteiger partial charge is 0.496 e. The van der Waals surface area contributed by atoms with Crippen molar-refractivity contribution >= 4 is 11.0 Å². The highest BCUT2D eigenvalue weighted by Gasteiger charge is 2.28. The van der Waals surface area contributed by atoms with Gasteiger partial charge < -0.3 is 29.2 Å². The molecule has 2 rings (SSSR count). The van der Waals surface area contributed by atoms with E-state index < -0.39 is 23.4 Å². The minimum Gasteiger partial charge on any atom is -0.496 e. The summed E-state index contributed by atoms with van der Waals surface area (Å²) in [7, 11) is 2.93. The molecule has 0 amide bonds. The van der Waals surface area contributed by atoms with E-state index in [9.17, 15) is 20.1 Å². The molecule has 0 fully saturated rings. The third-order valence-electron chi connectivity index (χ3n) is 4.12. The van der Waals surface area contributed by atoms with Crippen LogP contribution in [0.15, 0.2) is 27.4 Å². The molecule has 2 atom stereocenters. The molecule has 0 aliphatic carbocycles. The summed E-state index contributed by atoms with van der Waals surface area (Å²) in [6.07, 6.45) is -1.90. The molecule has 1 aromatic heterocycles. The Morgan fingerprint density at radius 2 is 1.88 bits per heavy atom. The molecular formula is C18H24O7. The summed E-state index contributed by atoms with van der Waals surface area (Å²) in [6.45, 7) is 2.95. The molecule has 2 aromatic rings. The molecule has 1 heterocycles. The lowest BCUT2D eigenvalue weighted by Gasteiger charge is -2.27. The number of aliphatic hydroxyl groups is 3. The van der Waals surface area contributed by atoms with Crippen molar-refractivity contribution in [1.29, 1.82) is 0 Å². The minimum absolute atomic E-state index is 0.0162. The number of aliphatic hydroxyl groups excluding tert-OH is 2. The Morgan fingerprint density at radius 1 is 1.20 bits per heavy atom. The first-order valence-electron chi connectivity index (χ1n) is 7.93. The van der Waals surface area contributed by atoms with E-state index in [0.717, 1.165) is 0 Å². The Bertz CT molecular complexity index is 788. The highest BCUT2D eigenvalue weighted by molar-refractivity contribution is 5.87. The van der Waals surface area contributed by atoms with E-state index in [0.29, 0.717) is 28.0 Å². The van der Waals surface area contributed by atoms with Gasteiger partial charge in [0.05, 0.1) is 37.4 Å². The maximum absolute atomic E-state index is 11.4. The Kier molecular flexibility index (Phi) is 5.72. The van der Waals surface area contributed by atoms with Crippen molar-refractivity contribution in [3.63, 3.8) is 0 Å². The number of benzene rings is 1. The van der Waals surface area contributed by atoms with Crippen molar-refractivity contribution in [2.75, 3.05) is 14.2 Å². The highest BCUT2D eigenvalue weighted by atomic mass is 16.5. The zero-order chi connectivity index (χ0) is 18.8. The smallest absolute Gasteiger partial charge is 0.336 e. The monoisotopic (exact) mass is 352 g/mol. The fourth-order valence-electron chi connectivity index (χ4n) is 2.68. The summed E-state index contributed by atoms with van der Waals surface area (Å²) in [5, 5.41) is 30.7. The molecule has 25 heavy (non-hydrogen) atoms. The molecule has 0 bridgehead atoms. The predicted octanol–water partition coefficient (Wildman–Crippen LogP) is 1.24. The summed E-state index contributed by atoms with van der Waals surface area (Å²) in [5.41, 5.74) is -0.905. The quantitative estimate of drug-likeness (QED) is 0.643. The van der Waals surface area contributed by atoms with Crippen LogP contribution in [0, 0.1) is 0 Å². The first-order valence-corrected chi connectivity index (χ1v) is 7.93. The zero-order valence-electron chi connectivity index (χ0n) is 14.8. The van der Waals surface area contributed by atoms with E-state index in [4.69, 9.17) is 13.9 Å². The lowest BCUT2D eigenvalue weighted by atomic mass is 9.93. The van der Waals surface area contributed by atoms with Crippen molar-refractivity contribution in [2.45, 2.75) is 44.5 Å². The number of methoxy groups -OCH3 is 2. The van der Waals surface area contributed by atoms with E-state index in [-0.39, 0.29) is 12.8 Å². The second kappa shape index (κ2) is 7.43. The van der Waals surface area contributed by atoms with Gasteiger partial charge in [0, 0.05) is 30.5 Å². The minimum atomic E-state index is -1.32. The second-order valence-corrected chi connectivity index (χ2v) is 6.52. The van der Waals surface area contributed by atoms with Crippen LogP contribution in [-0.2, 0) is 6.42 Å². The first kappa shape index (κ1) is 19.2. The summed E-state index contributed by atoms with van der Waals surface area (Å²) < 4.78 is 16.0. The van der Waals surface area contributed by atoms with Crippen LogP contribution < -0.4 is 15.1 Å². The van der Waals surface area contributed by atoms with E-state index in [1.165, 1.54) is 34.1 Å². The van der Waals surface area contributed by atoms with Crippen LogP contribution in [0.2, 0.25) is 0 Å². The third-order valence-corrected chi connectivity index (χ3v) is 4.12. The van der Waals surface area contributed by atoms with Gasteiger partial charge in [-0.3, -0.25) is 0 Å². The lowest BCUT2D eigenvalue weighted by molar-refractivity contribution is -0.0676. The third kappa shape index (κ3) is 4.31. The van der Waals surface area contributed by atoms with Crippen LogP contribution in [0.4, 0.5) is 0 Å². The number of rotatable bonds is 7. The van der Waals surface area contributed by atoms with Crippen molar-refractivity contribution in [3.05, 3.63) is 34.2 Å². The number of fused-ring (bicyclic) bond motifs is 1. The van der Waals surface area contributed by atoms with Gasteiger partial charge in [-0.1, -0.05) is 0 Å². The summed E-state index contributed by atoms with van der Waals surface area (Å²) in [4.78, 5) is 11.4. The fourth-order valence-corrected chi connectivity index (χ4v) is 2.68. The van der Waals surface area contributed by atoms with E-state index in [2.05, 4.69) is 0 Å². The molecular weight excluding hydrogens is 328 g/mol. The summed E-state index contributed by atoms with van der Waals surface area (Å²) in [6, 6.07) is 4.43. The molecule has 0 radical (unpaired) electrons. The van der Waals surface area contributed by atoms with Gasteiger partial charge in [-0.2, -0.15) is 0 Å². The van der Waals surface area contributed by atoms with Crippen molar-refractivity contribution in [3.8, 4) is 11.5 Å². The van der Waals surface area contributed by atoms with Gasteiger partial charge in [-0.05, 0) is 19.9 Å². The molecule has 7 heteroatoms. The molecule has 0 aliphatic rings. The van der Waals surface area contributed by atoms with Crippen LogP contribution in [0.3, 0.4) is 0 Å². The molecule has 138 valence electrons. The van der Waals surface area contributed by atoms with Crippen LogP contribution in [0.25, 0.3) is 11.0 Å². The highest BCUT2D eigenvalue weighted by Crippen LogP contribution is 2.37. The first-order chi connectivity index (χ1) is 11.7. The van der Waals surface area contributed by atoms with Gasteiger partial charge >= 0.3 is 5.63 Å². The number of hydrogen-bond donors (Lipinski definition) is 3. The van der Waals surface area contributed by atoms with Crippen LogP contribution in [0.1, 0.15) is 25.8 Å². The van der Waals surface area contributed by atoms with E-state index in [1.807, 2.05) is 0 Å². The molecule has 0 unspecified atom stereocenters. The van der Waals surface area contributed by atoms with Crippen molar-refractivity contribution in [2.24, 2.45) is 0 Å². The maximum atomic E-state index is 11.4. The Morgan fingerprint density at radius 3 is 2.44 bits per heavy atom. The van der Waals surface area contributed by atoms with Crippen LogP contribution in [0.5, 0.6) is 11.5 Å². The second-order valence-electron chi connectivity index (χ2n) is 6.52. The maximum Gasteiger partial charge on any atom is 0.336 e. The van der Waals surface area contributed by atoms with Gasteiger partial charge in [0.1, 0.15) is 17.1 Å². The van der Waals surface area contributed by atoms with Gasteiger partial charge in [-0.15, -0.1) is 0 Å². The van der Waals surface area contributed by atoms with Crippen LogP contribution in [-0.4, -0.2) is 47.3 Å². The Hall–Kier alpha value is -2.09. The SMILES string of the molecule is COc1cc2oc(=O)ccc2c(OC)c1C[C@H](O)C[C@@H](O)C(C)(C)O. The average Bonchev–Trinajstić information content (AvgIpc) is 2.53. The molecule has 1 aromatic carbocycles. The number of ether oxygens (including phenoxy) is 2. The van der Waals surface area contributed by atoms with E-state index in [1.54, 1.807) is 12.1 Å². The van der Waals surface area contributed by atoms with Gasteiger partial charge in [0.25, 0.3) is 0 Å². The van der Waals surface area contributed by atoms with Crippen molar-refractivity contribution in [1.82, 2.24) is 0 Å². The lowest BCUT2D eigenvalue weighted by Crippen LogP contribution is -2.38. The standard InChI is InChI=1S/C18H24O7/c1-18(2,22)15(20)8-10(19)7-12-13(23-3)9-14-11(17(12)24-4)5-6-16(21)25-14/h5-6,9-10,15,19-20,22H,7-8H2,1-4H3/t10-,15+/m0/s1.